The van der Waals surface area contributed by atoms with E-state index in [1.807, 2.05) is 36.4 Å². The van der Waals surface area contributed by atoms with Gasteiger partial charge in [-0.3, -0.25) is 0 Å². The number of nitriles is 2. The summed E-state index contributed by atoms with van der Waals surface area (Å²) in [7, 11) is 0. The van der Waals surface area contributed by atoms with E-state index in [9.17, 15) is 10.5 Å². The lowest BCUT2D eigenvalue weighted by Gasteiger charge is -2.14. The van der Waals surface area contributed by atoms with Gasteiger partial charge < -0.3 is 13.7 Å². The molecule has 8 aromatic carbocycles. The van der Waals surface area contributed by atoms with E-state index in [0.717, 1.165) is 71.8 Å². The van der Waals surface area contributed by atoms with E-state index < -0.39 is 0 Å². The molecule has 0 bridgehead atoms. The van der Waals surface area contributed by atoms with E-state index in [1.54, 1.807) is 0 Å². The number of rotatable bonds is 4. The van der Waals surface area contributed by atoms with E-state index in [2.05, 4.69) is 165 Å². The largest absolute Gasteiger partial charge is 0.309 e. The quantitative estimate of drug-likeness (QED) is 0.184. The van der Waals surface area contributed by atoms with Crippen molar-refractivity contribution in [2.45, 2.75) is 0 Å². The van der Waals surface area contributed by atoms with Gasteiger partial charge in [0.05, 0.1) is 49.9 Å². The Balaban J connectivity index is 1.07. The maximum absolute atomic E-state index is 10.7. The molecule has 0 amide bonds. The fourth-order valence-electron chi connectivity index (χ4n) is 8.76. The summed E-state index contributed by atoms with van der Waals surface area (Å²) >= 11 is 0. The molecule has 3 heterocycles. The van der Waals surface area contributed by atoms with Crippen LogP contribution in [0.1, 0.15) is 11.1 Å². The van der Waals surface area contributed by atoms with Crippen molar-refractivity contribution in [1.29, 1.82) is 10.5 Å². The Morgan fingerprint density at radius 3 is 1.51 bits per heavy atom. The minimum atomic E-state index is 0.584. The highest BCUT2D eigenvalue weighted by Crippen LogP contribution is 2.39. The molecule has 0 aliphatic carbocycles. The first-order valence-corrected chi connectivity index (χ1v) is 18.3. The highest BCUT2D eigenvalue weighted by molar-refractivity contribution is 6.13. The van der Waals surface area contributed by atoms with Crippen molar-refractivity contribution >= 4 is 65.4 Å². The van der Waals surface area contributed by atoms with Crippen LogP contribution in [0.5, 0.6) is 0 Å². The molecule has 0 N–H and O–H groups in total. The van der Waals surface area contributed by atoms with Crippen molar-refractivity contribution in [3.63, 3.8) is 0 Å². The molecule has 3 aromatic heterocycles. The van der Waals surface area contributed by atoms with Gasteiger partial charge in [0.25, 0.3) is 0 Å². The normalized spacial score (nSPS) is 11.6. The first kappa shape index (κ1) is 30.7. The van der Waals surface area contributed by atoms with Crippen LogP contribution in [-0.4, -0.2) is 13.7 Å². The predicted molar refractivity (Wildman–Crippen MR) is 224 cm³/mol. The van der Waals surface area contributed by atoms with Gasteiger partial charge in [0.1, 0.15) is 12.1 Å². The number of nitrogens with zero attached hydrogens (tertiary/aromatic N) is 5. The van der Waals surface area contributed by atoms with Gasteiger partial charge in [0, 0.05) is 43.7 Å². The van der Waals surface area contributed by atoms with Crippen molar-refractivity contribution in [2.75, 3.05) is 0 Å². The van der Waals surface area contributed by atoms with Gasteiger partial charge in [-0.1, -0.05) is 103 Å². The van der Waals surface area contributed by atoms with Crippen molar-refractivity contribution in [3.05, 3.63) is 187 Å². The molecular weight excluding hydrogens is 671 g/mol. The van der Waals surface area contributed by atoms with Crippen LogP contribution in [0.2, 0.25) is 0 Å². The molecule has 0 saturated carbocycles. The summed E-state index contributed by atoms with van der Waals surface area (Å²) in [5, 5.41) is 27.7. The summed E-state index contributed by atoms with van der Waals surface area (Å²) in [6.45, 7) is 0. The summed E-state index contributed by atoms with van der Waals surface area (Å²) in [6.07, 6.45) is 0. The lowest BCUT2D eigenvalue weighted by molar-refractivity contribution is 1.16. The smallest absolute Gasteiger partial charge is 0.101 e. The Morgan fingerprint density at radius 1 is 0.327 bits per heavy atom. The third kappa shape index (κ3) is 4.45. The average molecular weight is 700 g/mol. The van der Waals surface area contributed by atoms with Crippen LogP contribution in [-0.2, 0) is 0 Å². The van der Waals surface area contributed by atoms with Crippen molar-refractivity contribution in [2.24, 2.45) is 0 Å². The van der Waals surface area contributed by atoms with Gasteiger partial charge in [0.15, 0.2) is 0 Å². The van der Waals surface area contributed by atoms with E-state index in [1.165, 1.54) is 21.8 Å². The molecule has 5 heteroatoms. The first-order valence-electron chi connectivity index (χ1n) is 18.3. The molecule has 11 aromatic rings. The maximum Gasteiger partial charge on any atom is 0.101 e. The fourth-order valence-corrected chi connectivity index (χ4v) is 8.76. The number of hydrogen-bond donors (Lipinski definition) is 0. The van der Waals surface area contributed by atoms with E-state index in [-0.39, 0.29) is 0 Å². The Morgan fingerprint density at radius 2 is 0.836 bits per heavy atom. The topological polar surface area (TPSA) is 62.4 Å². The molecule has 0 saturated heterocycles. The van der Waals surface area contributed by atoms with E-state index in [0.29, 0.717) is 11.1 Å². The van der Waals surface area contributed by atoms with Gasteiger partial charge in [-0.25, -0.2) is 0 Å². The standard InChI is InChI=1S/C50H29N5/c51-30-34-12-10-18-42-40-16-3-7-21-47(40)54(50(34)42)36-13-9-11-32(28-36)33-23-25-44(35(27-33)31-52)55-48-22-8-4-17-41(48)43-29-37(24-26-49(43)55)53-45-19-5-1-14-38(45)39-15-2-6-20-46(39)53/h1-29H. The Kier molecular flexibility index (Phi) is 6.61. The second-order valence-electron chi connectivity index (χ2n) is 14.0. The second kappa shape index (κ2) is 11.8. The van der Waals surface area contributed by atoms with Crippen LogP contribution in [0.15, 0.2) is 176 Å². The Hall–Kier alpha value is -7.86. The lowest BCUT2D eigenvalue weighted by atomic mass is 10.0. The fraction of sp³-hybridized carbons (Fsp3) is 0. The SMILES string of the molecule is N#Cc1cc(-c2cccc(-n3c4ccccc4c4cccc(C#N)c43)c2)ccc1-n1c2ccccc2c2cc(-n3c4ccccc4c4ccccc43)ccc21. The zero-order chi connectivity index (χ0) is 36.6. The van der Waals surface area contributed by atoms with Crippen LogP contribution in [0.4, 0.5) is 0 Å². The van der Waals surface area contributed by atoms with Crippen LogP contribution in [0.3, 0.4) is 0 Å². The third-order valence-electron chi connectivity index (χ3n) is 11.1. The zero-order valence-electron chi connectivity index (χ0n) is 29.5. The minimum absolute atomic E-state index is 0.584. The monoisotopic (exact) mass is 699 g/mol. The van der Waals surface area contributed by atoms with E-state index >= 15 is 0 Å². The van der Waals surface area contributed by atoms with Gasteiger partial charge in [-0.05, 0) is 83.9 Å². The zero-order valence-corrected chi connectivity index (χ0v) is 29.5. The molecule has 0 aliphatic heterocycles. The van der Waals surface area contributed by atoms with Crippen molar-refractivity contribution in [3.8, 4) is 40.3 Å². The summed E-state index contributed by atoms with van der Waals surface area (Å²) < 4.78 is 6.75. The number of aromatic nitrogens is 3. The Bertz CT molecular complexity index is 3420. The number of para-hydroxylation sites is 5. The third-order valence-corrected chi connectivity index (χ3v) is 11.1. The molecule has 0 spiro atoms. The average Bonchev–Trinajstić information content (AvgIpc) is 3.89. The maximum atomic E-state index is 10.7. The van der Waals surface area contributed by atoms with Crippen LogP contribution < -0.4 is 0 Å². The summed E-state index contributed by atoms with van der Waals surface area (Å²) in [5.74, 6) is 0. The van der Waals surface area contributed by atoms with E-state index in [4.69, 9.17) is 0 Å². The first-order chi connectivity index (χ1) is 27.2. The lowest BCUT2D eigenvalue weighted by Crippen LogP contribution is -1.99. The van der Waals surface area contributed by atoms with Crippen molar-refractivity contribution in [1.82, 2.24) is 13.7 Å². The molecular formula is C50H29N5. The predicted octanol–water partition coefficient (Wildman–Crippen LogP) is 12.4. The highest BCUT2D eigenvalue weighted by atomic mass is 15.0. The van der Waals surface area contributed by atoms with Crippen LogP contribution >= 0.6 is 0 Å². The number of fused-ring (bicyclic) bond motifs is 9. The molecule has 0 unspecified atom stereocenters. The molecule has 11 rings (SSSR count). The summed E-state index contributed by atoms with van der Waals surface area (Å²) in [4.78, 5) is 0. The minimum Gasteiger partial charge on any atom is -0.309 e. The van der Waals surface area contributed by atoms with Crippen LogP contribution in [0.25, 0.3) is 93.6 Å². The van der Waals surface area contributed by atoms with Crippen molar-refractivity contribution < 1.29 is 0 Å². The molecule has 0 radical (unpaired) electrons. The highest BCUT2D eigenvalue weighted by Gasteiger charge is 2.19. The van der Waals surface area contributed by atoms with Crippen LogP contribution in [0, 0.1) is 22.7 Å². The number of hydrogen-bond acceptors (Lipinski definition) is 2. The number of benzene rings is 8. The molecule has 0 atom stereocenters. The molecule has 5 nitrogen and oxygen atoms in total. The second-order valence-corrected chi connectivity index (χ2v) is 14.0. The van der Waals surface area contributed by atoms with Gasteiger partial charge >= 0.3 is 0 Å². The summed E-state index contributed by atoms with van der Waals surface area (Å²) in [5.41, 5.74) is 12.4. The molecule has 254 valence electrons. The molecule has 0 aliphatic rings. The van der Waals surface area contributed by atoms with Gasteiger partial charge in [-0.2, -0.15) is 10.5 Å². The van der Waals surface area contributed by atoms with Gasteiger partial charge in [0.2, 0.25) is 0 Å². The summed E-state index contributed by atoms with van der Waals surface area (Å²) in [6, 6.07) is 65.9. The Labute approximate surface area is 316 Å². The molecule has 55 heavy (non-hydrogen) atoms. The molecule has 0 fully saturated rings. The van der Waals surface area contributed by atoms with Gasteiger partial charge in [-0.15, -0.1) is 0 Å².